The molecule has 1 aliphatic rings. The molecule has 1 fully saturated rings. The number of benzene rings is 2. The van der Waals surface area contributed by atoms with Crippen molar-refractivity contribution in [3.05, 3.63) is 65.6 Å². The third-order valence-electron chi connectivity index (χ3n) is 6.08. The SMILES string of the molecule is COc1cccc(CC(=O)NC2CCN(c3nc4c(s3)c(C)nn4-c3ccc(F)cc3)CC2)c1. The van der Waals surface area contributed by atoms with Crippen molar-refractivity contribution in [3.8, 4) is 11.4 Å². The molecule has 34 heavy (non-hydrogen) atoms. The Kier molecular flexibility index (Phi) is 6.19. The van der Waals surface area contributed by atoms with Crippen molar-refractivity contribution in [3.63, 3.8) is 0 Å². The molecule has 2 aromatic heterocycles. The summed E-state index contributed by atoms with van der Waals surface area (Å²) in [6.45, 7) is 3.61. The molecule has 9 heteroatoms. The van der Waals surface area contributed by atoms with E-state index in [0.717, 1.165) is 64.1 Å². The highest BCUT2D eigenvalue weighted by atomic mass is 32.1. The molecule has 1 amide bonds. The van der Waals surface area contributed by atoms with Gasteiger partial charge < -0.3 is 15.0 Å². The number of rotatable bonds is 6. The standard InChI is InChI=1S/C25H26FN5O2S/c1-16-23-24(31(29-16)20-8-6-18(26)7-9-20)28-25(34-23)30-12-10-19(11-13-30)27-22(32)15-17-4-3-5-21(14-17)33-2/h3-9,14,19H,10-13,15H2,1-2H3,(H,27,32). The zero-order valence-electron chi connectivity index (χ0n) is 19.1. The molecular weight excluding hydrogens is 453 g/mol. The first-order chi connectivity index (χ1) is 16.5. The Morgan fingerprint density at radius 1 is 1.21 bits per heavy atom. The number of carbonyl (C=O) groups is 1. The van der Waals surface area contributed by atoms with Crippen molar-refractivity contribution in [1.82, 2.24) is 20.1 Å². The zero-order valence-corrected chi connectivity index (χ0v) is 19.9. The highest BCUT2D eigenvalue weighted by Crippen LogP contribution is 2.33. The number of amides is 1. The molecule has 1 aliphatic heterocycles. The molecule has 0 saturated carbocycles. The first-order valence-electron chi connectivity index (χ1n) is 11.3. The number of fused-ring (bicyclic) bond motifs is 1. The molecule has 0 bridgehead atoms. The van der Waals surface area contributed by atoms with Gasteiger partial charge in [0.15, 0.2) is 10.8 Å². The maximum absolute atomic E-state index is 13.3. The van der Waals surface area contributed by atoms with E-state index in [1.165, 1.54) is 12.1 Å². The lowest BCUT2D eigenvalue weighted by Crippen LogP contribution is -2.45. The van der Waals surface area contributed by atoms with E-state index < -0.39 is 0 Å². The van der Waals surface area contributed by atoms with Gasteiger partial charge in [-0.3, -0.25) is 4.79 Å². The van der Waals surface area contributed by atoms with Gasteiger partial charge in [0.1, 0.15) is 11.6 Å². The largest absolute Gasteiger partial charge is 0.497 e. The van der Waals surface area contributed by atoms with Gasteiger partial charge in [-0.15, -0.1) is 0 Å². The average molecular weight is 480 g/mol. The summed E-state index contributed by atoms with van der Waals surface area (Å²) in [7, 11) is 1.62. The molecule has 7 nitrogen and oxygen atoms in total. The summed E-state index contributed by atoms with van der Waals surface area (Å²) in [6.07, 6.45) is 2.07. The minimum absolute atomic E-state index is 0.0294. The quantitative estimate of drug-likeness (QED) is 0.447. The third-order valence-corrected chi connectivity index (χ3v) is 7.29. The van der Waals surface area contributed by atoms with E-state index in [1.807, 2.05) is 31.2 Å². The van der Waals surface area contributed by atoms with Crippen LogP contribution in [0.4, 0.5) is 9.52 Å². The molecule has 4 aromatic rings. The van der Waals surface area contributed by atoms with Crippen LogP contribution in [0, 0.1) is 12.7 Å². The highest BCUT2D eigenvalue weighted by Gasteiger charge is 2.24. The fraction of sp³-hybridized carbons (Fsp3) is 0.320. The van der Waals surface area contributed by atoms with Crippen LogP contribution in [-0.4, -0.2) is 46.9 Å². The number of aryl methyl sites for hydroxylation is 1. The van der Waals surface area contributed by atoms with Gasteiger partial charge in [0, 0.05) is 19.1 Å². The first-order valence-corrected chi connectivity index (χ1v) is 12.1. The Hall–Kier alpha value is -3.46. The molecule has 3 heterocycles. The topological polar surface area (TPSA) is 72.3 Å². The first kappa shape index (κ1) is 22.3. The number of halogens is 1. The number of hydrogen-bond acceptors (Lipinski definition) is 6. The van der Waals surface area contributed by atoms with E-state index in [1.54, 1.807) is 35.3 Å². The van der Waals surface area contributed by atoms with E-state index in [0.29, 0.717) is 6.42 Å². The molecule has 5 rings (SSSR count). The Morgan fingerprint density at radius 3 is 2.71 bits per heavy atom. The second-order valence-electron chi connectivity index (χ2n) is 8.48. The summed E-state index contributed by atoms with van der Waals surface area (Å²) >= 11 is 1.63. The minimum Gasteiger partial charge on any atom is -0.497 e. The average Bonchev–Trinajstić information content (AvgIpc) is 3.41. The second kappa shape index (κ2) is 9.42. The van der Waals surface area contributed by atoms with Crippen LogP contribution in [0.5, 0.6) is 5.75 Å². The Morgan fingerprint density at radius 2 is 1.97 bits per heavy atom. The van der Waals surface area contributed by atoms with Gasteiger partial charge in [0.25, 0.3) is 0 Å². The summed E-state index contributed by atoms with van der Waals surface area (Å²) in [4.78, 5) is 19.7. The van der Waals surface area contributed by atoms with Crippen molar-refractivity contribution in [1.29, 1.82) is 0 Å². The van der Waals surface area contributed by atoms with Crippen LogP contribution in [0.25, 0.3) is 16.0 Å². The lowest BCUT2D eigenvalue weighted by atomic mass is 10.0. The number of anilines is 1. The Balaban J connectivity index is 1.22. The smallest absolute Gasteiger partial charge is 0.224 e. The summed E-state index contributed by atoms with van der Waals surface area (Å²) in [6, 6.07) is 14.0. The van der Waals surface area contributed by atoms with Gasteiger partial charge in [-0.25, -0.2) is 9.07 Å². The summed E-state index contributed by atoms with van der Waals surface area (Å²) in [5.74, 6) is 0.509. The van der Waals surface area contributed by atoms with Crippen molar-refractivity contribution < 1.29 is 13.9 Å². The lowest BCUT2D eigenvalue weighted by Gasteiger charge is -2.32. The van der Waals surface area contributed by atoms with E-state index in [9.17, 15) is 9.18 Å². The van der Waals surface area contributed by atoms with Gasteiger partial charge in [-0.05, 0) is 61.7 Å². The van der Waals surface area contributed by atoms with E-state index in [4.69, 9.17) is 9.72 Å². The lowest BCUT2D eigenvalue weighted by molar-refractivity contribution is -0.121. The fourth-order valence-corrected chi connectivity index (χ4v) is 5.32. The number of hydrogen-bond donors (Lipinski definition) is 1. The summed E-state index contributed by atoms with van der Waals surface area (Å²) < 4.78 is 21.4. The molecule has 2 aromatic carbocycles. The predicted octanol–water partition coefficient (Wildman–Crippen LogP) is 4.27. The number of piperidine rings is 1. The third kappa shape index (κ3) is 4.61. The van der Waals surface area contributed by atoms with E-state index in [2.05, 4.69) is 15.3 Å². The second-order valence-corrected chi connectivity index (χ2v) is 9.46. The van der Waals surface area contributed by atoms with Gasteiger partial charge in [0.05, 0.1) is 29.6 Å². The van der Waals surface area contributed by atoms with Crippen molar-refractivity contribution in [2.24, 2.45) is 0 Å². The number of thiazole rings is 1. The van der Waals surface area contributed by atoms with Crippen LogP contribution < -0.4 is 15.0 Å². The molecule has 0 radical (unpaired) electrons. The molecule has 1 saturated heterocycles. The van der Waals surface area contributed by atoms with E-state index in [-0.39, 0.29) is 17.8 Å². The molecular formula is C25H26FN5O2S. The fourth-order valence-electron chi connectivity index (χ4n) is 4.28. The molecule has 0 aliphatic carbocycles. The number of ether oxygens (including phenoxy) is 1. The van der Waals surface area contributed by atoms with Crippen LogP contribution >= 0.6 is 11.3 Å². The van der Waals surface area contributed by atoms with Crippen LogP contribution in [0.3, 0.4) is 0 Å². The van der Waals surface area contributed by atoms with Crippen LogP contribution in [0.15, 0.2) is 48.5 Å². The number of carbonyl (C=O) groups excluding carboxylic acids is 1. The highest BCUT2D eigenvalue weighted by molar-refractivity contribution is 7.22. The number of methoxy groups -OCH3 is 1. The number of nitrogens with zero attached hydrogens (tertiary/aromatic N) is 4. The molecule has 176 valence electrons. The maximum Gasteiger partial charge on any atom is 0.224 e. The zero-order chi connectivity index (χ0) is 23.7. The van der Waals surface area contributed by atoms with Crippen LogP contribution in [0.2, 0.25) is 0 Å². The van der Waals surface area contributed by atoms with Crippen molar-refractivity contribution in [2.45, 2.75) is 32.2 Å². The van der Waals surface area contributed by atoms with Crippen molar-refractivity contribution in [2.75, 3.05) is 25.1 Å². The van der Waals surface area contributed by atoms with Gasteiger partial charge >= 0.3 is 0 Å². The normalized spacial score (nSPS) is 14.5. The predicted molar refractivity (Wildman–Crippen MR) is 132 cm³/mol. The van der Waals surface area contributed by atoms with Gasteiger partial charge in [-0.2, -0.15) is 10.1 Å². The number of aromatic nitrogens is 3. The van der Waals surface area contributed by atoms with Crippen molar-refractivity contribution >= 4 is 32.7 Å². The molecule has 1 N–H and O–H groups in total. The maximum atomic E-state index is 13.3. The molecule has 0 spiro atoms. The van der Waals surface area contributed by atoms with Crippen LogP contribution in [-0.2, 0) is 11.2 Å². The van der Waals surface area contributed by atoms with Gasteiger partial charge in [-0.1, -0.05) is 23.5 Å². The molecule has 0 unspecified atom stereocenters. The van der Waals surface area contributed by atoms with Gasteiger partial charge in [0.2, 0.25) is 5.91 Å². The minimum atomic E-state index is -0.277. The monoisotopic (exact) mass is 479 g/mol. The molecule has 0 atom stereocenters. The Labute approximate surface area is 201 Å². The van der Waals surface area contributed by atoms with Crippen LogP contribution in [0.1, 0.15) is 24.1 Å². The summed E-state index contributed by atoms with van der Waals surface area (Å²) in [5, 5.41) is 8.72. The number of nitrogens with one attached hydrogen (secondary N) is 1. The Bertz CT molecular complexity index is 1310. The van der Waals surface area contributed by atoms with E-state index >= 15 is 0 Å². The summed E-state index contributed by atoms with van der Waals surface area (Å²) in [5.41, 5.74) is 3.42.